The minimum Gasteiger partial charge on any atom is -0.310 e. The SMILES string of the molecule is CCNC(Cc1ccc2c(c1)CCC2)c1cccnc1C. The van der Waals surface area contributed by atoms with E-state index in [0.29, 0.717) is 6.04 Å². The maximum absolute atomic E-state index is 4.44. The van der Waals surface area contributed by atoms with E-state index in [1.807, 2.05) is 12.3 Å². The largest absolute Gasteiger partial charge is 0.310 e. The Bertz CT molecular complexity index is 619. The van der Waals surface area contributed by atoms with E-state index in [0.717, 1.165) is 18.7 Å². The first kappa shape index (κ1) is 14.3. The minimum absolute atomic E-state index is 0.350. The third-order valence-corrected chi connectivity index (χ3v) is 4.48. The molecule has 2 aromatic rings. The summed E-state index contributed by atoms with van der Waals surface area (Å²) in [7, 11) is 0. The number of hydrogen-bond acceptors (Lipinski definition) is 2. The van der Waals surface area contributed by atoms with E-state index in [1.54, 1.807) is 11.1 Å². The Hall–Kier alpha value is -1.67. The number of aromatic nitrogens is 1. The highest BCUT2D eigenvalue weighted by atomic mass is 14.9. The van der Waals surface area contributed by atoms with Crippen molar-refractivity contribution in [2.24, 2.45) is 0 Å². The van der Waals surface area contributed by atoms with E-state index >= 15 is 0 Å². The van der Waals surface area contributed by atoms with Crippen molar-refractivity contribution < 1.29 is 0 Å². The molecule has 1 unspecified atom stereocenters. The zero-order chi connectivity index (χ0) is 14.7. The number of pyridine rings is 1. The van der Waals surface area contributed by atoms with Gasteiger partial charge in [-0.15, -0.1) is 0 Å². The van der Waals surface area contributed by atoms with Crippen molar-refractivity contribution in [3.05, 3.63) is 64.5 Å². The van der Waals surface area contributed by atoms with Crippen LogP contribution in [0.2, 0.25) is 0 Å². The van der Waals surface area contributed by atoms with Crippen LogP contribution in [0.1, 0.15) is 47.3 Å². The molecule has 0 amide bonds. The van der Waals surface area contributed by atoms with Crippen LogP contribution in [0.5, 0.6) is 0 Å². The fourth-order valence-electron chi connectivity index (χ4n) is 3.39. The van der Waals surface area contributed by atoms with Crippen LogP contribution in [-0.4, -0.2) is 11.5 Å². The topological polar surface area (TPSA) is 24.9 Å². The van der Waals surface area contributed by atoms with Gasteiger partial charge < -0.3 is 5.32 Å². The lowest BCUT2D eigenvalue weighted by Gasteiger charge is -2.20. The lowest BCUT2D eigenvalue weighted by atomic mass is 9.96. The van der Waals surface area contributed by atoms with Gasteiger partial charge in [-0.1, -0.05) is 31.2 Å². The van der Waals surface area contributed by atoms with Crippen molar-refractivity contribution in [3.8, 4) is 0 Å². The lowest BCUT2D eigenvalue weighted by Crippen LogP contribution is -2.24. The molecule has 0 saturated heterocycles. The van der Waals surface area contributed by atoms with E-state index in [9.17, 15) is 0 Å². The first-order valence-corrected chi connectivity index (χ1v) is 8.03. The van der Waals surface area contributed by atoms with Crippen LogP contribution in [-0.2, 0) is 19.3 Å². The van der Waals surface area contributed by atoms with Gasteiger partial charge in [-0.3, -0.25) is 4.98 Å². The number of likely N-dealkylation sites (N-methyl/N-ethyl adjacent to an activating group) is 1. The van der Waals surface area contributed by atoms with Gasteiger partial charge in [-0.2, -0.15) is 0 Å². The van der Waals surface area contributed by atoms with Gasteiger partial charge in [0, 0.05) is 17.9 Å². The molecular formula is C19H24N2. The second kappa shape index (κ2) is 6.40. The van der Waals surface area contributed by atoms with Crippen LogP contribution in [0.3, 0.4) is 0 Å². The average molecular weight is 280 g/mol. The number of aryl methyl sites for hydroxylation is 3. The molecule has 0 saturated carbocycles. The Kier molecular flexibility index (Phi) is 4.35. The van der Waals surface area contributed by atoms with E-state index in [4.69, 9.17) is 0 Å². The molecule has 0 bridgehead atoms. The third kappa shape index (κ3) is 3.16. The Morgan fingerprint density at radius 3 is 2.86 bits per heavy atom. The highest BCUT2D eigenvalue weighted by Gasteiger charge is 2.16. The van der Waals surface area contributed by atoms with E-state index in [1.165, 1.54) is 30.4 Å². The summed E-state index contributed by atoms with van der Waals surface area (Å²) in [5.74, 6) is 0. The van der Waals surface area contributed by atoms with Gasteiger partial charge in [0.2, 0.25) is 0 Å². The Balaban J connectivity index is 1.84. The molecule has 110 valence electrons. The minimum atomic E-state index is 0.350. The number of nitrogens with zero attached hydrogens (tertiary/aromatic N) is 1. The molecule has 2 heteroatoms. The van der Waals surface area contributed by atoms with Gasteiger partial charge >= 0.3 is 0 Å². The number of hydrogen-bond donors (Lipinski definition) is 1. The molecule has 0 spiro atoms. The quantitative estimate of drug-likeness (QED) is 0.901. The standard InChI is InChI=1S/C19H24N2/c1-3-20-19(18-8-5-11-21-14(18)2)13-15-9-10-16-6-4-7-17(16)12-15/h5,8-12,19-20H,3-4,6-7,13H2,1-2H3. The van der Waals surface area contributed by atoms with Crippen LogP contribution >= 0.6 is 0 Å². The number of fused-ring (bicyclic) bond motifs is 1. The molecular weight excluding hydrogens is 256 g/mol. The van der Waals surface area contributed by atoms with Crippen molar-refractivity contribution in [1.82, 2.24) is 10.3 Å². The zero-order valence-corrected chi connectivity index (χ0v) is 13.0. The third-order valence-electron chi connectivity index (χ3n) is 4.48. The Morgan fingerprint density at radius 2 is 2.05 bits per heavy atom. The highest BCUT2D eigenvalue weighted by molar-refractivity contribution is 5.36. The first-order chi connectivity index (χ1) is 10.3. The van der Waals surface area contributed by atoms with Crippen molar-refractivity contribution >= 4 is 0 Å². The summed E-state index contributed by atoms with van der Waals surface area (Å²) in [5.41, 5.74) is 7.00. The van der Waals surface area contributed by atoms with Crippen LogP contribution < -0.4 is 5.32 Å². The van der Waals surface area contributed by atoms with Gasteiger partial charge in [0.1, 0.15) is 0 Å². The monoisotopic (exact) mass is 280 g/mol. The summed E-state index contributed by atoms with van der Waals surface area (Å²) in [6.07, 6.45) is 6.73. The molecule has 0 aliphatic heterocycles. The second-order valence-electron chi connectivity index (χ2n) is 5.95. The Labute approximate surface area is 127 Å². The Morgan fingerprint density at radius 1 is 1.19 bits per heavy atom. The average Bonchev–Trinajstić information content (AvgIpc) is 2.95. The molecule has 1 heterocycles. The molecule has 1 aliphatic carbocycles. The van der Waals surface area contributed by atoms with Crippen molar-refractivity contribution in [2.75, 3.05) is 6.54 Å². The zero-order valence-electron chi connectivity index (χ0n) is 13.0. The normalized spacial score (nSPS) is 15.0. The molecule has 21 heavy (non-hydrogen) atoms. The molecule has 0 radical (unpaired) electrons. The maximum atomic E-state index is 4.44. The highest BCUT2D eigenvalue weighted by Crippen LogP contribution is 2.26. The van der Waals surface area contributed by atoms with Gasteiger partial charge in [-0.05, 0) is 67.5 Å². The smallest absolute Gasteiger partial charge is 0.0420 e. The first-order valence-electron chi connectivity index (χ1n) is 8.03. The molecule has 1 aliphatic rings. The van der Waals surface area contributed by atoms with Crippen LogP contribution in [0.4, 0.5) is 0 Å². The summed E-state index contributed by atoms with van der Waals surface area (Å²) in [5, 5.41) is 3.62. The number of benzene rings is 1. The maximum Gasteiger partial charge on any atom is 0.0420 e. The number of nitrogens with one attached hydrogen (secondary N) is 1. The molecule has 1 atom stereocenters. The summed E-state index contributed by atoms with van der Waals surface area (Å²) >= 11 is 0. The predicted octanol–water partition coefficient (Wildman–Crippen LogP) is 3.77. The van der Waals surface area contributed by atoms with Crippen LogP contribution in [0.15, 0.2) is 36.5 Å². The van der Waals surface area contributed by atoms with Gasteiger partial charge in [0.25, 0.3) is 0 Å². The lowest BCUT2D eigenvalue weighted by molar-refractivity contribution is 0.545. The summed E-state index contributed by atoms with van der Waals surface area (Å²) < 4.78 is 0. The summed E-state index contributed by atoms with van der Waals surface area (Å²) in [4.78, 5) is 4.44. The van der Waals surface area contributed by atoms with E-state index < -0.39 is 0 Å². The van der Waals surface area contributed by atoms with Gasteiger partial charge in [0.05, 0.1) is 0 Å². The molecule has 3 rings (SSSR count). The number of rotatable bonds is 5. The molecule has 1 aromatic carbocycles. The van der Waals surface area contributed by atoms with Crippen LogP contribution in [0, 0.1) is 6.92 Å². The fourth-order valence-corrected chi connectivity index (χ4v) is 3.39. The van der Waals surface area contributed by atoms with E-state index in [-0.39, 0.29) is 0 Å². The van der Waals surface area contributed by atoms with Gasteiger partial charge in [-0.25, -0.2) is 0 Å². The van der Waals surface area contributed by atoms with Crippen molar-refractivity contribution in [3.63, 3.8) is 0 Å². The van der Waals surface area contributed by atoms with Gasteiger partial charge in [0.15, 0.2) is 0 Å². The summed E-state index contributed by atoms with van der Waals surface area (Å²) in [6, 6.07) is 11.6. The molecule has 1 N–H and O–H groups in total. The fraction of sp³-hybridized carbons (Fsp3) is 0.421. The second-order valence-corrected chi connectivity index (χ2v) is 5.95. The summed E-state index contributed by atoms with van der Waals surface area (Å²) in [6.45, 7) is 5.24. The molecule has 2 nitrogen and oxygen atoms in total. The van der Waals surface area contributed by atoms with Crippen LogP contribution in [0.25, 0.3) is 0 Å². The van der Waals surface area contributed by atoms with Crippen molar-refractivity contribution in [1.29, 1.82) is 0 Å². The molecule has 1 aromatic heterocycles. The molecule has 0 fully saturated rings. The predicted molar refractivity (Wildman–Crippen MR) is 87.6 cm³/mol. The van der Waals surface area contributed by atoms with Crippen molar-refractivity contribution in [2.45, 2.75) is 45.6 Å². The van der Waals surface area contributed by atoms with E-state index in [2.05, 4.69) is 48.4 Å².